The van der Waals surface area contributed by atoms with Crippen LogP contribution in [0.3, 0.4) is 0 Å². The molecule has 3 nitrogen and oxygen atoms in total. The second-order valence-electron chi connectivity index (χ2n) is 4.49. The van der Waals surface area contributed by atoms with Gasteiger partial charge >= 0.3 is 0 Å². The van der Waals surface area contributed by atoms with Crippen LogP contribution < -0.4 is 0 Å². The highest BCUT2D eigenvalue weighted by atomic mass is 16.3. The maximum absolute atomic E-state index is 9.92. The fourth-order valence-corrected chi connectivity index (χ4v) is 2.15. The minimum absolute atomic E-state index is 0.491. The Labute approximate surface area is 101 Å². The van der Waals surface area contributed by atoms with E-state index in [9.17, 15) is 10.2 Å². The van der Waals surface area contributed by atoms with Crippen molar-refractivity contribution in [1.29, 1.82) is 0 Å². The van der Waals surface area contributed by atoms with Crippen molar-refractivity contribution in [3.63, 3.8) is 0 Å². The van der Waals surface area contributed by atoms with Crippen LogP contribution in [0.4, 0.5) is 0 Å². The molecular formula is C14H19NO2. The Morgan fingerprint density at radius 3 is 2.71 bits per heavy atom. The number of rotatable bonds is 5. The van der Waals surface area contributed by atoms with E-state index in [-0.39, 0.29) is 0 Å². The number of H-pyrrole nitrogens is 1. The molecule has 2 unspecified atom stereocenters. The molecule has 0 saturated carbocycles. The van der Waals surface area contributed by atoms with Crippen molar-refractivity contribution >= 4 is 10.9 Å². The van der Waals surface area contributed by atoms with Crippen LogP contribution in [0.1, 0.15) is 25.3 Å². The number of hydrogen-bond donors (Lipinski definition) is 3. The zero-order chi connectivity index (χ0) is 12.3. The Kier molecular flexibility index (Phi) is 3.82. The lowest BCUT2D eigenvalue weighted by Gasteiger charge is -2.16. The molecule has 2 atom stereocenters. The Bertz CT molecular complexity index is 478. The van der Waals surface area contributed by atoms with Gasteiger partial charge < -0.3 is 15.2 Å². The first-order chi connectivity index (χ1) is 8.22. The molecule has 0 radical (unpaired) electrons. The number of para-hydroxylation sites is 1. The van der Waals surface area contributed by atoms with Gasteiger partial charge in [0.05, 0.1) is 12.2 Å². The SMILES string of the molecule is CCCC(O)C(O)Cc1c[nH]c2ccccc12. The Hall–Kier alpha value is -1.32. The normalized spacial score (nSPS) is 15.0. The molecule has 2 rings (SSSR count). The van der Waals surface area contributed by atoms with Crippen LogP contribution >= 0.6 is 0 Å². The molecule has 1 aromatic heterocycles. The Morgan fingerprint density at radius 1 is 1.18 bits per heavy atom. The van der Waals surface area contributed by atoms with Gasteiger partial charge in [-0.05, 0) is 18.1 Å². The zero-order valence-electron chi connectivity index (χ0n) is 10.1. The van der Waals surface area contributed by atoms with Gasteiger partial charge in [0, 0.05) is 23.5 Å². The molecule has 92 valence electrons. The number of aromatic nitrogens is 1. The molecule has 3 heteroatoms. The number of aromatic amines is 1. The van der Waals surface area contributed by atoms with Crippen molar-refractivity contribution in [2.45, 2.75) is 38.4 Å². The first-order valence-corrected chi connectivity index (χ1v) is 6.13. The average Bonchev–Trinajstić information content (AvgIpc) is 2.73. The molecular weight excluding hydrogens is 214 g/mol. The van der Waals surface area contributed by atoms with Gasteiger partial charge in [0.25, 0.3) is 0 Å². The van der Waals surface area contributed by atoms with Gasteiger partial charge in [-0.25, -0.2) is 0 Å². The minimum Gasteiger partial charge on any atom is -0.390 e. The van der Waals surface area contributed by atoms with Gasteiger partial charge in [0.2, 0.25) is 0 Å². The summed E-state index contributed by atoms with van der Waals surface area (Å²) in [4.78, 5) is 3.17. The third kappa shape index (κ3) is 2.68. The van der Waals surface area contributed by atoms with Crippen LogP contribution in [0.25, 0.3) is 10.9 Å². The molecule has 0 saturated heterocycles. The number of hydrogen-bond acceptors (Lipinski definition) is 2. The standard InChI is InChI=1S/C14H19NO2/c1-2-5-13(16)14(17)8-10-9-15-12-7-4-3-6-11(10)12/h3-4,6-7,9,13-17H,2,5,8H2,1H3. The highest BCUT2D eigenvalue weighted by molar-refractivity contribution is 5.83. The molecule has 0 spiro atoms. The lowest BCUT2D eigenvalue weighted by Crippen LogP contribution is -2.27. The smallest absolute Gasteiger partial charge is 0.0840 e. The first-order valence-electron chi connectivity index (χ1n) is 6.13. The van der Waals surface area contributed by atoms with Gasteiger partial charge in [-0.3, -0.25) is 0 Å². The summed E-state index contributed by atoms with van der Waals surface area (Å²) < 4.78 is 0. The van der Waals surface area contributed by atoms with Gasteiger partial charge in [0.15, 0.2) is 0 Å². The van der Waals surface area contributed by atoms with Gasteiger partial charge in [0.1, 0.15) is 0 Å². The van der Waals surface area contributed by atoms with Crippen LogP contribution in [0, 0.1) is 0 Å². The van der Waals surface area contributed by atoms with Crippen LogP contribution in [0.15, 0.2) is 30.5 Å². The summed E-state index contributed by atoms with van der Waals surface area (Å²) in [7, 11) is 0. The fourth-order valence-electron chi connectivity index (χ4n) is 2.15. The molecule has 3 N–H and O–H groups in total. The molecule has 17 heavy (non-hydrogen) atoms. The van der Waals surface area contributed by atoms with Crippen molar-refractivity contribution < 1.29 is 10.2 Å². The summed E-state index contributed by atoms with van der Waals surface area (Å²) in [5, 5.41) is 20.8. The predicted molar refractivity (Wildman–Crippen MR) is 68.9 cm³/mol. The number of aliphatic hydroxyl groups excluding tert-OH is 2. The molecule has 2 aromatic rings. The summed E-state index contributed by atoms with van der Waals surface area (Å²) in [6, 6.07) is 7.99. The van der Waals surface area contributed by atoms with E-state index in [2.05, 4.69) is 4.98 Å². The first kappa shape index (κ1) is 12.1. The van der Waals surface area contributed by atoms with E-state index in [4.69, 9.17) is 0 Å². The third-order valence-electron chi connectivity index (χ3n) is 3.13. The maximum Gasteiger partial charge on any atom is 0.0840 e. The van der Waals surface area contributed by atoms with Crippen molar-refractivity contribution in [3.05, 3.63) is 36.0 Å². The van der Waals surface area contributed by atoms with Crippen LogP contribution in [0.2, 0.25) is 0 Å². The van der Waals surface area contributed by atoms with Gasteiger partial charge in [-0.15, -0.1) is 0 Å². The van der Waals surface area contributed by atoms with E-state index in [1.165, 1.54) is 0 Å². The number of aliphatic hydroxyl groups is 2. The van der Waals surface area contributed by atoms with E-state index >= 15 is 0 Å². The number of fused-ring (bicyclic) bond motifs is 1. The molecule has 0 aliphatic carbocycles. The second-order valence-corrected chi connectivity index (χ2v) is 4.49. The van der Waals surface area contributed by atoms with Crippen LogP contribution in [-0.4, -0.2) is 27.4 Å². The lowest BCUT2D eigenvalue weighted by atomic mass is 10.0. The largest absolute Gasteiger partial charge is 0.390 e. The molecule has 0 aliphatic heterocycles. The zero-order valence-corrected chi connectivity index (χ0v) is 10.1. The van der Waals surface area contributed by atoms with Crippen molar-refractivity contribution in [2.75, 3.05) is 0 Å². The van der Waals surface area contributed by atoms with E-state index in [0.29, 0.717) is 12.8 Å². The van der Waals surface area contributed by atoms with Gasteiger partial charge in [-0.2, -0.15) is 0 Å². The second kappa shape index (κ2) is 5.34. The van der Waals surface area contributed by atoms with E-state index in [1.54, 1.807) is 0 Å². The fraction of sp³-hybridized carbons (Fsp3) is 0.429. The molecule has 0 amide bonds. The lowest BCUT2D eigenvalue weighted by molar-refractivity contribution is 0.0150. The molecule has 0 aliphatic rings. The maximum atomic E-state index is 9.92. The molecule has 1 heterocycles. The number of nitrogens with one attached hydrogen (secondary N) is 1. The van der Waals surface area contributed by atoms with Crippen LogP contribution in [-0.2, 0) is 6.42 Å². The summed E-state index contributed by atoms with van der Waals surface area (Å²) in [5.74, 6) is 0. The molecule has 0 fully saturated rings. The average molecular weight is 233 g/mol. The van der Waals surface area contributed by atoms with Crippen molar-refractivity contribution in [1.82, 2.24) is 4.98 Å². The van der Waals surface area contributed by atoms with E-state index in [0.717, 1.165) is 22.9 Å². The van der Waals surface area contributed by atoms with Crippen molar-refractivity contribution in [2.24, 2.45) is 0 Å². The predicted octanol–water partition coefficient (Wildman–Crippen LogP) is 2.23. The van der Waals surface area contributed by atoms with Gasteiger partial charge in [-0.1, -0.05) is 31.5 Å². The van der Waals surface area contributed by atoms with Crippen LogP contribution in [0.5, 0.6) is 0 Å². The van der Waals surface area contributed by atoms with Crippen molar-refractivity contribution in [3.8, 4) is 0 Å². The quantitative estimate of drug-likeness (QED) is 0.741. The Balaban J connectivity index is 2.13. The monoisotopic (exact) mass is 233 g/mol. The minimum atomic E-state index is -0.686. The molecule has 0 bridgehead atoms. The summed E-state index contributed by atoms with van der Waals surface area (Å²) >= 11 is 0. The number of benzene rings is 1. The molecule has 1 aromatic carbocycles. The summed E-state index contributed by atoms with van der Waals surface area (Å²) in [5.41, 5.74) is 2.13. The topological polar surface area (TPSA) is 56.2 Å². The van der Waals surface area contributed by atoms with E-state index in [1.807, 2.05) is 37.4 Å². The highest BCUT2D eigenvalue weighted by Gasteiger charge is 2.17. The third-order valence-corrected chi connectivity index (χ3v) is 3.13. The highest BCUT2D eigenvalue weighted by Crippen LogP contribution is 2.20. The van der Waals surface area contributed by atoms with E-state index < -0.39 is 12.2 Å². The Morgan fingerprint density at radius 2 is 1.94 bits per heavy atom. The summed E-state index contributed by atoms with van der Waals surface area (Å²) in [6.45, 7) is 2.00. The summed E-state index contributed by atoms with van der Waals surface area (Å²) in [6.07, 6.45) is 2.61.